The molecule has 1 aromatic rings. The second kappa shape index (κ2) is 5.32. The van der Waals surface area contributed by atoms with Gasteiger partial charge in [0.25, 0.3) is 0 Å². The molecule has 2 rings (SSSR count). The zero-order chi connectivity index (χ0) is 12.3. The van der Waals surface area contributed by atoms with Crippen LogP contribution in [0.25, 0.3) is 0 Å². The number of benzene rings is 1. The van der Waals surface area contributed by atoms with E-state index in [0.29, 0.717) is 24.5 Å². The first-order chi connectivity index (χ1) is 8.19. The summed E-state index contributed by atoms with van der Waals surface area (Å²) in [6.07, 6.45) is 1.17. The normalized spacial score (nSPS) is 15.4. The standard InChI is InChI=1S/C14H19NO2/c1-10-3-4-14(17-2)12(5-10)7-13(16)6-11-8-15-9-11/h3-5,11,15H,6-9H2,1-2H3. The van der Waals surface area contributed by atoms with Crippen LogP contribution in [0, 0.1) is 12.8 Å². The summed E-state index contributed by atoms with van der Waals surface area (Å²) in [6.45, 7) is 4.00. The third-order valence-electron chi connectivity index (χ3n) is 3.21. The number of carbonyl (C=O) groups is 1. The minimum Gasteiger partial charge on any atom is -0.496 e. The van der Waals surface area contributed by atoms with Crippen molar-refractivity contribution in [2.75, 3.05) is 20.2 Å². The molecule has 0 spiro atoms. The summed E-state index contributed by atoms with van der Waals surface area (Å²) in [5.74, 6) is 1.66. The van der Waals surface area contributed by atoms with Crippen LogP contribution in [0.4, 0.5) is 0 Å². The maximum atomic E-state index is 11.9. The first-order valence-corrected chi connectivity index (χ1v) is 6.05. The Morgan fingerprint density at radius 2 is 2.24 bits per heavy atom. The molecule has 1 aliphatic rings. The zero-order valence-electron chi connectivity index (χ0n) is 10.5. The summed E-state index contributed by atoms with van der Waals surface area (Å²) in [4.78, 5) is 11.9. The summed E-state index contributed by atoms with van der Waals surface area (Å²) >= 11 is 0. The van der Waals surface area contributed by atoms with Crippen LogP contribution in [0.1, 0.15) is 17.5 Å². The van der Waals surface area contributed by atoms with Gasteiger partial charge in [0.05, 0.1) is 7.11 Å². The van der Waals surface area contributed by atoms with E-state index in [-0.39, 0.29) is 0 Å². The van der Waals surface area contributed by atoms with E-state index in [0.717, 1.165) is 24.4 Å². The number of carbonyl (C=O) groups excluding carboxylic acids is 1. The van der Waals surface area contributed by atoms with E-state index < -0.39 is 0 Å². The van der Waals surface area contributed by atoms with Gasteiger partial charge in [-0.15, -0.1) is 0 Å². The van der Waals surface area contributed by atoms with Gasteiger partial charge in [-0.2, -0.15) is 0 Å². The quantitative estimate of drug-likeness (QED) is 0.841. The third kappa shape index (κ3) is 3.07. The Morgan fingerprint density at radius 3 is 2.82 bits per heavy atom. The van der Waals surface area contributed by atoms with Gasteiger partial charge in [-0.1, -0.05) is 17.7 Å². The van der Waals surface area contributed by atoms with Gasteiger partial charge in [-0.25, -0.2) is 0 Å². The molecule has 0 aromatic heterocycles. The molecule has 3 heteroatoms. The fourth-order valence-electron chi connectivity index (χ4n) is 2.14. The summed E-state index contributed by atoms with van der Waals surface area (Å²) in [6, 6.07) is 5.97. The molecule has 1 saturated heterocycles. The molecule has 0 bridgehead atoms. The summed E-state index contributed by atoms with van der Waals surface area (Å²) < 4.78 is 5.28. The number of nitrogens with one attached hydrogen (secondary N) is 1. The van der Waals surface area contributed by atoms with Crippen LogP contribution < -0.4 is 10.1 Å². The van der Waals surface area contributed by atoms with E-state index in [1.807, 2.05) is 25.1 Å². The molecule has 0 radical (unpaired) electrons. The number of aryl methyl sites for hydroxylation is 1. The predicted octanol–water partition coefficient (Wildman–Crippen LogP) is 1.72. The fourth-order valence-corrected chi connectivity index (χ4v) is 2.14. The van der Waals surface area contributed by atoms with Crippen LogP contribution in [0.15, 0.2) is 18.2 Å². The van der Waals surface area contributed by atoms with Gasteiger partial charge in [-0.3, -0.25) is 4.79 Å². The van der Waals surface area contributed by atoms with Gasteiger partial charge in [-0.05, 0) is 32.0 Å². The Bertz CT molecular complexity index is 411. The lowest BCUT2D eigenvalue weighted by atomic mass is 9.93. The Kier molecular flexibility index (Phi) is 3.79. The van der Waals surface area contributed by atoms with Crippen molar-refractivity contribution in [3.05, 3.63) is 29.3 Å². The molecule has 1 aromatic carbocycles. The lowest BCUT2D eigenvalue weighted by molar-refractivity contribution is -0.119. The lowest BCUT2D eigenvalue weighted by Gasteiger charge is -2.26. The van der Waals surface area contributed by atoms with Crippen LogP contribution in [-0.4, -0.2) is 26.0 Å². The van der Waals surface area contributed by atoms with E-state index >= 15 is 0 Å². The Hall–Kier alpha value is -1.35. The smallest absolute Gasteiger partial charge is 0.137 e. The second-order valence-electron chi connectivity index (χ2n) is 4.76. The van der Waals surface area contributed by atoms with E-state index in [2.05, 4.69) is 5.32 Å². The van der Waals surface area contributed by atoms with Crippen LogP contribution in [0.5, 0.6) is 5.75 Å². The number of rotatable bonds is 5. The summed E-state index contributed by atoms with van der Waals surface area (Å²) in [5.41, 5.74) is 2.17. The molecule has 1 heterocycles. The minimum absolute atomic E-state index is 0.306. The lowest BCUT2D eigenvalue weighted by Crippen LogP contribution is -2.43. The van der Waals surface area contributed by atoms with Crippen molar-refractivity contribution in [3.63, 3.8) is 0 Å². The molecule has 0 saturated carbocycles. The largest absolute Gasteiger partial charge is 0.496 e. The Labute approximate surface area is 102 Å². The van der Waals surface area contributed by atoms with Crippen LogP contribution >= 0.6 is 0 Å². The van der Waals surface area contributed by atoms with Crippen molar-refractivity contribution in [2.24, 2.45) is 5.92 Å². The van der Waals surface area contributed by atoms with Crippen molar-refractivity contribution >= 4 is 5.78 Å². The van der Waals surface area contributed by atoms with E-state index in [9.17, 15) is 4.79 Å². The number of ether oxygens (including phenoxy) is 1. The molecule has 17 heavy (non-hydrogen) atoms. The topological polar surface area (TPSA) is 38.3 Å². The molecule has 0 amide bonds. The molecule has 1 fully saturated rings. The Balaban J connectivity index is 2.00. The van der Waals surface area contributed by atoms with Crippen molar-refractivity contribution < 1.29 is 9.53 Å². The highest BCUT2D eigenvalue weighted by atomic mass is 16.5. The molecular formula is C14H19NO2. The number of hydrogen-bond acceptors (Lipinski definition) is 3. The minimum atomic E-state index is 0.306. The van der Waals surface area contributed by atoms with Gasteiger partial charge >= 0.3 is 0 Å². The second-order valence-corrected chi connectivity index (χ2v) is 4.76. The average Bonchev–Trinajstić information content (AvgIpc) is 2.24. The van der Waals surface area contributed by atoms with Crippen molar-refractivity contribution in [3.8, 4) is 5.75 Å². The van der Waals surface area contributed by atoms with Crippen LogP contribution in [-0.2, 0) is 11.2 Å². The first kappa shape index (κ1) is 12.1. The highest BCUT2D eigenvalue weighted by Crippen LogP contribution is 2.21. The number of hydrogen-bond donors (Lipinski definition) is 1. The molecular weight excluding hydrogens is 214 g/mol. The number of Topliss-reactive ketones (excluding diaryl/α,β-unsaturated/α-hetero) is 1. The third-order valence-corrected chi connectivity index (χ3v) is 3.21. The SMILES string of the molecule is COc1ccc(C)cc1CC(=O)CC1CNC1. The molecule has 1 N–H and O–H groups in total. The van der Waals surface area contributed by atoms with Crippen molar-refractivity contribution in [2.45, 2.75) is 19.8 Å². The monoisotopic (exact) mass is 233 g/mol. The maximum absolute atomic E-state index is 11.9. The number of ketones is 1. The van der Waals surface area contributed by atoms with Crippen molar-refractivity contribution in [1.82, 2.24) is 5.32 Å². The number of methoxy groups -OCH3 is 1. The predicted molar refractivity (Wildman–Crippen MR) is 67.4 cm³/mol. The van der Waals surface area contributed by atoms with Gasteiger partial charge in [0, 0.05) is 18.4 Å². The molecule has 1 aliphatic heterocycles. The maximum Gasteiger partial charge on any atom is 0.137 e. The zero-order valence-corrected chi connectivity index (χ0v) is 10.5. The van der Waals surface area contributed by atoms with Crippen molar-refractivity contribution in [1.29, 1.82) is 0 Å². The van der Waals surface area contributed by atoms with Gasteiger partial charge in [0.15, 0.2) is 0 Å². The van der Waals surface area contributed by atoms with E-state index in [1.165, 1.54) is 5.56 Å². The van der Waals surface area contributed by atoms with Crippen LogP contribution in [0.2, 0.25) is 0 Å². The molecule has 0 unspecified atom stereocenters. The summed E-state index contributed by atoms with van der Waals surface area (Å²) in [7, 11) is 1.65. The van der Waals surface area contributed by atoms with Gasteiger partial charge in [0.2, 0.25) is 0 Å². The average molecular weight is 233 g/mol. The fraction of sp³-hybridized carbons (Fsp3) is 0.500. The van der Waals surface area contributed by atoms with E-state index in [1.54, 1.807) is 7.11 Å². The van der Waals surface area contributed by atoms with Gasteiger partial charge in [0.1, 0.15) is 11.5 Å². The molecule has 0 atom stereocenters. The van der Waals surface area contributed by atoms with Crippen LogP contribution in [0.3, 0.4) is 0 Å². The van der Waals surface area contributed by atoms with Gasteiger partial charge < -0.3 is 10.1 Å². The first-order valence-electron chi connectivity index (χ1n) is 6.05. The Morgan fingerprint density at radius 1 is 1.47 bits per heavy atom. The molecule has 92 valence electrons. The summed E-state index contributed by atoms with van der Waals surface area (Å²) in [5, 5.41) is 3.19. The molecule has 0 aliphatic carbocycles. The highest BCUT2D eigenvalue weighted by molar-refractivity contribution is 5.82. The highest BCUT2D eigenvalue weighted by Gasteiger charge is 2.20. The molecule has 3 nitrogen and oxygen atoms in total. The van der Waals surface area contributed by atoms with E-state index in [4.69, 9.17) is 4.74 Å².